The number of carbonyl (C=O) groups excluding carboxylic acids is 3. The molecule has 0 bridgehead atoms. The molecular formula is C26H31IN2O6. The van der Waals surface area contributed by atoms with Gasteiger partial charge < -0.3 is 26.4 Å². The predicted molar refractivity (Wildman–Crippen MR) is 139 cm³/mol. The van der Waals surface area contributed by atoms with Crippen LogP contribution in [0.2, 0.25) is 0 Å². The summed E-state index contributed by atoms with van der Waals surface area (Å²) in [5.41, 5.74) is 6.48. The topological polar surface area (TPSA) is 150 Å². The second-order valence-corrected chi connectivity index (χ2v) is 13.5. The molecule has 0 radical (unpaired) electrons. The highest BCUT2D eigenvalue weighted by molar-refractivity contribution is 14.1. The third-order valence-electron chi connectivity index (χ3n) is 7.35. The van der Waals surface area contributed by atoms with Crippen LogP contribution in [0.1, 0.15) is 62.6 Å². The maximum absolute atomic E-state index is 13.7. The number of nitrogens with two attached hydrogens (primary N) is 1. The molecule has 6 N–H and O–H groups in total. The van der Waals surface area contributed by atoms with Crippen molar-refractivity contribution in [2.24, 2.45) is 23.5 Å². The van der Waals surface area contributed by atoms with Gasteiger partial charge in [-0.15, -0.1) is 0 Å². The lowest BCUT2D eigenvalue weighted by Gasteiger charge is -2.39. The number of ketones is 2. The Morgan fingerprint density at radius 2 is 1.89 bits per heavy atom. The summed E-state index contributed by atoms with van der Waals surface area (Å²) in [6.45, 7) is 7.26. The number of hydrogen-bond acceptors (Lipinski definition) is 7. The second-order valence-electron chi connectivity index (χ2n) is 10.5. The number of carbonyl (C=O) groups is 3. The Morgan fingerprint density at radius 3 is 2.51 bits per heavy atom. The predicted octanol–water partition coefficient (Wildman–Crippen LogP) is 3.56. The highest BCUT2D eigenvalue weighted by Gasteiger charge is 2.50. The number of fused-ring (bicyclic) bond motifs is 3. The fourth-order valence-corrected chi connectivity index (χ4v) is 6.08. The third kappa shape index (κ3) is 4.60. The Balaban J connectivity index is 1.79. The summed E-state index contributed by atoms with van der Waals surface area (Å²) < 4.78 is 0.0244. The molecule has 4 rings (SSSR count). The number of amides is 1. The first kappa shape index (κ1) is 25.7. The Labute approximate surface area is 217 Å². The standard InChI is InChI=1S/C26H31IN2O6/c1-11-6-13-7-14-8-16(30)20(25(28)35)24(34)18(14)22(32)17(13)23(33)19-15(11)5-4-12(21(19)31)9-29-10-26(2,3)27/h4-5,11,13-14,18,29,31,33-34H,6-10H2,1-3H3,(H2,28,35)/t11-,13?,14?,18?/m1/s1. The molecule has 1 amide bonds. The highest BCUT2D eigenvalue weighted by atomic mass is 127. The summed E-state index contributed by atoms with van der Waals surface area (Å²) in [5, 5.41) is 36.6. The minimum Gasteiger partial charge on any atom is -0.511 e. The molecule has 0 saturated heterocycles. The number of allylic oxidation sites excluding steroid dienone is 2. The molecule has 8 nitrogen and oxygen atoms in total. The Bertz CT molecular complexity index is 1180. The molecule has 0 heterocycles. The molecule has 35 heavy (non-hydrogen) atoms. The molecule has 3 unspecified atom stereocenters. The van der Waals surface area contributed by atoms with Crippen molar-refractivity contribution in [1.29, 1.82) is 0 Å². The van der Waals surface area contributed by atoms with Gasteiger partial charge in [-0.1, -0.05) is 41.6 Å². The van der Waals surface area contributed by atoms with E-state index in [0.29, 0.717) is 31.5 Å². The quantitative estimate of drug-likeness (QED) is 0.199. The molecule has 0 spiro atoms. The molecule has 3 aliphatic rings. The van der Waals surface area contributed by atoms with Gasteiger partial charge in [-0.25, -0.2) is 0 Å². The van der Waals surface area contributed by atoms with Crippen LogP contribution in [0.15, 0.2) is 29.0 Å². The lowest BCUT2D eigenvalue weighted by molar-refractivity contribution is -0.127. The highest BCUT2D eigenvalue weighted by Crippen LogP contribution is 2.51. The summed E-state index contributed by atoms with van der Waals surface area (Å²) >= 11 is 2.34. The maximum Gasteiger partial charge on any atom is 0.255 e. The van der Waals surface area contributed by atoms with Gasteiger partial charge in [-0.2, -0.15) is 0 Å². The number of hydrogen-bond donors (Lipinski definition) is 5. The van der Waals surface area contributed by atoms with E-state index in [4.69, 9.17) is 5.73 Å². The van der Waals surface area contributed by atoms with Gasteiger partial charge >= 0.3 is 0 Å². The molecular weight excluding hydrogens is 563 g/mol. The van der Waals surface area contributed by atoms with Crippen molar-refractivity contribution in [3.8, 4) is 5.75 Å². The van der Waals surface area contributed by atoms with E-state index in [-0.39, 0.29) is 44.3 Å². The molecule has 1 aromatic rings. The van der Waals surface area contributed by atoms with E-state index in [9.17, 15) is 29.7 Å². The Morgan fingerprint density at radius 1 is 1.20 bits per heavy atom. The van der Waals surface area contributed by atoms with Crippen molar-refractivity contribution in [3.05, 3.63) is 45.7 Å². The fraction of sp³-hybridized carbons (Fsp3) is 0.500. The third-order valence-corrected chi connectivity index (χ3v) is 7.74. The van der Waals surface area contributed by atoms with Crippen molar-refractivity contribution >= 4 is 45.8 Å². The minimum absolute atomic E-state index is 0.0244. The minimum atomic E-state index is -1.11. The van der Waals surface area contributed by atoms with Crippen LogP contribution in [0.5, 0.6) is 5.75 Å². The molecule has 1 aromatic carbocycles. The first-order valence-corrected chi connectivity index (χ1v) is 12.9. The van der Waals surface area contributed by atoms with Crippen molar-refractivity contribution in [2.75, 3.05) is 6.54 Å². The van der Waals surface area contributed by atoms with Gasteiger partial charge in [0, 0.05) is 34.1 Å². The zero-order valence-electron chi connectivity index (χ0n) is 20.0. The smallest absolute Gasteiger partial charge is 0.255 e. The second kappa shape index (κ2) is 9.24. The number of aliphatic hydroxyl groups excluding tert-OH is 2. The van der Waals surface area contributed by atoms with Crippen molar-refractivity contribution in [2.45, 2.75) is 55.9 Å². The van der Waals surface area contributed by atoms with Crippen LogP contribution in [0.4, 0.5) is 0 Å². The number of Topliss-reactive ketones (excluding diaryl/α,β-unsaturated/α-hetero) is 2. The number of primary amides is 1. The van der Waals surface area contributed by atoms with E-state index in [2.05, 4.69) is 41.8 Å². The Kier molecular flexibility index (Phi) is 6.78. The average molecular weight is 594 g/mol. The molecule has 0 aliphatic heterocycles. The van der Waals surface area contributed by atoms with Gasteiger partial charge in [0.05, 0.1) is 11.5 Å². The maximum atomic E-state index is 13.7. The number of phenols is 1. The summed E-state index contributed by atoms with van der Waals surface area (Å²) in [7, 11) is 0. The number of aromatic hydroxyl groups is 1. The van der Waals surface area contributed by atoms with Crippen LogP contribution in [0.25, 0.3) is 5.76 Å². The number of halogens is 1. The first-order valence-electron chi connectivity index (χ1n) is 11.8. The molecule has 3 aliphatic carbocycles. The Hall–Kier alpha value is -2.40. The number of rotatable bonds is 5. The van der Waals surface area contributed by atoms with E-state index >= 15 is 0 Å². The largest absolute Gasteiger partial charge is 0.511 e. The summed E-state index contributed by atoms with van der Waals surface area (Å²) in [6.07, 6.45) is 0.886. The zero-order chi connectivity index (χ0) is 25.8. The first-order chi connectivity index (χ1) is 16.3. The van der Waals surface area contributed by atoms with Crippen LogP contribution in [0.3, 0.4) is 0 Å². The van der Waals surface area contributed by atoms with Crippen LogP contribution in [0, 0.1) is 17.8 Å². The average Bonchev–Trinajstić information content (AvgIpc) is 2.82. The molecule has 1 saturated carbocycles. The summed E-state index contributed by atoms with van der Waals surface area (Å²) in [4.78, 5) is 37.9. The molecule has 4 atom stereocenters. The summed E-state index contributed by atoms with van der Waals surface area (Å²) in [6, 6.07) is 3.71. The zero-order valence-corrected chi connectivity index (χ0v) is 22.2. The monoisotopic (exact) mass is 594 g/mol. The molecule has 0 aromatic heterocycles. The lowest BCUT2D eigenvalue weighted by atomic mass is 9.63. The van der Waals surface area contributed by atoms with E-state index in [0.717, 1.165) is 5.56 Å². The normalized spacial score (nSPS) is 26.7. The van der Waals surface area contributed by atoms with Crippen molar-refractivity contribution < 1.29 is 29.7 Å². The fourth-order valence-electron chi connectivity index (χ4n) is 5.81. The number of aliphatic hydroxyl groups is 2. The number of alkyl halides is 1. The number of phenolic OH excluding ortho intramolecular Hbond substituents is 1. The van der Waals surface area contributed by atoms with E-state index in [1.165, 1.54) is 0 Å². The number of nitrogens with one attached hydrogen (secondary N) is 1. The van der Waals surface area contributed by atoms with E-state index < -0.39 is 40.6 Å². The van der Waals surface area contributed by atoms with Gasteiger partial charge in [0.1, 0.15) is 22.8 Å². The lowest BCUT2D eigenvalue weighted by Crippen LogP contribution is -2.43. The van der Waals surface area contributed by atoms with Gasteiger partial charge in [0.15, 0.2) is 11.6 Å². The molecule has 1 fully saturated rings. The van der Waals surface area contributed by atoms with Gasteiger partial charge in [-0.3, -0.25) is 14.4 Å². The molecule has 9 heteroatoms. The van der Waals surface area contributed by atoms with Crippen LogP contribution < -0.4 is 11.1 Å². The van der Waals surface area contributed by atoms with E-state index in [1.807, 2.05) is 19.1 Å². The molecule has 188 valence electrons. The summed E-state index contributed by atoms with van der Waals surface area (Å²) in [5.74, 6) is -5.13. The van der Waals surface area contributed by atoms with Crippen LogP contribution in [-0.2, 0) is 20.9 Å². The SMILES string of the molecule is C[C@@H]1CC2CC3CC(=O)C(C(N)=O)=C(O)C3C(=O)C2=C(O)c2c1ccc(CNCC(C)(C)I)c2O. The van der Waals surface area contributed by atoms with Crippen molar-refractivity contribution in [1.82, 2.24) is 5.32 Å². The van der Waals surface area contributed by atoms with Crippen LogP contribution >= 0.6 is 22.6 Å². The van der Waals surface area contributed by atoms with Gasteiger partial charge in [0.2, 0.25) is 0 Å². The van der Waals surface area contributed by atoms with Gasteiger partial charge in [0.25, 0.3) is 5.91 Å². The van der Waals surface area contributed by atoms with Crippen LogP contribution in [-0.4, -0.2) is 42.8 Å². The number of benzene rings is 1. The van der Waals surface area contributed by atoms with Crippen molar-refractivity contribution in [3.63, 3.8) is 0 Å². The van der Waals surface area contributed by atoms with Gasteiger partial charge in [-0.05, 0) is 50.0 Å². The van der Waals surface area contributed by atoms with E-state index in [1.54, 1.807) is 0 Å².